The lowest BCUT2D eigenvalue weighted by Crippen LogP contribution is -2.48. The number of sulfonamides is 1. The molecule has 0 spiro atoms. The second-order valence-corrected chi connectivity index (χ2v) is 10.6. The number of aliphatic hydroxyl groups excluding tert-OH is 1. The highest BCUT2D eigenvalue weighted by molar-refractivity contribution is 7.89. The van der Waals surface area contributed by atoms with Crippen molar-refractivity contribution in [3.63, 3.8) is 0 Å². The van der Waals surface area contributed by atoms with Crippen molar-refractivity contribution in [1.29, 1.82) is 0 Å². The van der Waals surface area contributed by atoms with E-state index in [9.17, 15) is 23.1 Å². The van der Waals surface area contributed by atoms with Gasteiger partial charge in [-0.1, -0.05) is 53.0 Å². The first-order valence-electron chi connectivity index (χ1n) is 10.6. The van der Waals surface area contributed by atoms with Gasteiger partial charge in [0.25, 0.3) is 5.91 Å². The molecule has 13 heteroatoms. The Labute approximate surface area is 228 Å². The predicted octanol–water partition coefficient (Wildman–Crippen LogP) is 4.65. The lowest BCUT2D eigenvalue weighted by molar-refractivity contribution is -0.151. The molecule has 0 saturated heterocycles. The number of aliphatic hydroxyl groups is 1. The van der Waals surface area contributed by atoms with Crippen LogP contribution < -0.4 is 14.8 Å². The molecule has 37 heavy (non-hydrogen) atoms. The molecule has 3 rings (SSSR count). The van der Waals surface area contributed by atoms with E-state index in [-0.39, 0.29) is 26.4 Å². The van der Waals surface area contributed by atoms with Crippen molar-refractivity contribution in [2.75, 3.05) is 11.9 Å². The number of esters is 1. The molecule has 3 aromatic carbocycles. The minimum Gasteiger partial charge on any atom is -0.455 e. The van der Waals surface area contributed by atoms with Gasteiger partial charge in [-0.15, -0.1) is 0 Å². The summed E-state index contributed by atoms with van der Waals surface area (Å²) in [7, 11) is -4.30. The summed E-state index contributed by atoms with van der Waals surface area (Å²) in [4.78, 5) is 24.8. The van der Waals surface area contributed by atoms with Gasteiger partial charge in [-0.2, -0.15) is 4.72 Å². The molecule has 3 N–H and O–H groups in total. The number of benzene rings is 3. The highest BCUT2D eigenvalue weighted by Gasteiger charge is 2.31. The van der Waals surface area contributed by atoms with E-state index in [2.05, 4.69) is 5.32 Å². The number of carbonyl (C=O) groups is 2. The Morgan fingerprint density at radius 1 is 0.973 bits per heavy atom. The number of amides is 1. The Kier molecular flexibility index (Phi) is 9.77. The Morgan fingerprint density at radius 3 is 2.32 bits per heavy atom. The van der Waals surface area contributed by atoms with E-state index in [1.54, 1.807) is 36.4 Å². The molecule has 0 heterocycles. The topological polar surface area (TPSA) is 131 Å². The smallest absolute Gasteiger partial charge is 0.327 e. The van der Waals surface area contributed by atoms with Gasteiger partial charge in [0.15, 0.2) is 12.4 Å². The second-order valence-electron chi connectivity index (χ2n) is 7.63. The fourth-order valence-electron chi connectivity index (χ4n) is 2.94. The molecule has 0 saturated carbocycles. The van der Waals surface area contributed by atoms with Crippen LogP contribution in [-0.4, -0.2) is 44.2 Å². The molecule has 0 aliphatic rings. The molecule has 2 unspecified atom stereocenters. The number of ether oxygens (including phenoxy) is 2. The lowest BCUT2D eigenvalue weighted by atomic mass is 10.2. The van der Waals surface area contributed by atoms with E-state index >= 15 is 0 Å². The van der Waals surface area contributed by atoms with Crippen LogP contribution in [0.25, 0.3) is 0 Å². The number of hydrogen-bond acceptors (Lipinski definition) is 7. The summed E-state index contributed by atoms with van der Waals surface area (Å²) >= 11 is 17.7. The van der Waals surface area contributed by atoms with Crippen LogP contribution >= 0.6 is 34.8 Å². The highest BCUT2D eigenvalue weighted by atomic mass is 35.5. The normalized spacial score (nSPS) is 12.9. The van der Waals surface area contributed by atoms with E-state index in [0.717, 1.165) is 6.07 Å². The van der Waals surface area contributed by atoms with Crippen molar-refractivity contribution in [3.05, 3.63) is 81.8 Å². The molecule has 0 aromatic heterocycles. The van der Waals surface area contributed by atoms with Crippen molar-refractivity contribution in [2.45, 2.75) is 24.0 Å². The number of rotatable bonds is 10. The van der Waals surface area contributed by atoms with Gasteiger partial charge >= 0.3 is 5.97 Å². The zero-order valence-electron chi connectivity index (χ0n) is 19.2. The van der Waals surface area contributed by atoms with Crippen LogP contribution in [0.1, 0.15) is 6.92 Å². The lowest BCUT2D eigenvalue weighted by Gasteiger charge is -2.20. The number of para-hydroxylation sites is 1. The highest BCUT2D eigenvalue weighted by Crippen LogP contribution is 2.32. The second kappa shape index (κ2) is 12.6. The van der Waals surface area contributed by atoms with Gasteiger partial charge in [0.05, 0.1) is 26.7 Å². The van der Waals surface area contributed by atoms with Crippen LogP contribution in [0.3, 0.4) is 0 Å². The van der Waals surface area contributed by atoms with Gasteiger partial charge in [0.1, 0.15) is 11.8 Å². The van der Waals surface area contributed by atoms with Crippen LogP contribution in [0.5, 0.6) is 11.5 Å². The Balaban J connectivity index is 1.66. The van der Waals surface area contributed by atoms with Crippen molar-refractivity contribution in [1.82, 2.24) is 4.72 Å². The Hall–Kier alpha value is -2.86. The molecule has 0 aliphatic carbocycles. The first-order chi connectivity index (χ1) is 17.5. The van der Waals surface area contributed by atoms with Crippen LogP contribution in [0.15, 0.2) is 71.6 Å². The zero-order valence-corrected chi connectivity index (χ0v) is 22.2. The average molecular weight is 588 g/mol. The van der Waals surface area contributed by atoms with Crippen LogP contribution in [-0.2, 0) is 24.3 Å². The average Bonchev–Trinajstić information content (AvgIpc) is 2.85. The fourth-order valence-corrected chi connectivity index (χ4v) is 4.76. The molecule has 0 radical (unpaired) electrons. The quantitative estimate of drug-likeness (QED) is 0.294. The standard InChI is InChI=1S/C24H21Cl3N2O7S/c1-14(30)23(29-37(33,34)17-8-9-18(26)19(27)12-17)24(32)35-13-22(31)28-20-11-15(25)7-10-21(20)36-16-5-3-2-4-6-16/h2-12,14,23,29-30H,13H2,1H3,(H,28,31). The summed E-state index contributed by atoms with van der Waals surface area (Å²) in [6.45, 7) is 0.399. The van der Waals surface area contributed by atoms with Gasteiger partial charge in [0.2, 0.25) is 10.0 Å². The summed E-state index contributed by atoms with van der Waals surface area (Å²) < 4.78 is 38.1. The molecule has 3 aromatic rings. The summed E-state index contributed by atoms with van der Waals surface area (Å²) in [6, 6.07) is 15.2. The zero-order chi connectivity index (χ0) is 27.2. The number of hydrogen-bond donors (Lipinski definition) is 3. The van der Waals surface area contributed by atoms with Crippen LogP contribution in [0.2, 0.25) is 15.1 Å². The van der Waals surface area contributed by atoms with Crippen molar-refractivity contribution < 1.29 is 32.6 Å². The SMILES string of the molecule is CC(O)C(NS(=O)(=O)c1ccc(Cl)c(Cl)c1)C(=O)OCC(=O)Nc1cc(Cl)ccc1Oc1ccccc1. The first kappa shape index (κ1) is 28.7. The molecule has 0 aliphatic heterocycles. The molecule has 0 fully saturated rings. The number of halogens is 3. The minimum atomic E-state index is -4.30. The van der Waals surface area contributed by atoms with Crippen LogP contribution in [0.4, 0.5) is 5.69 Å². The number of nitrogens with one attached hydrogen (secondary N) is 2. The van der Waals surface area contributed by atoms with E-state index in [0.29, 0.717) is 10.8 Å². The van der Waals surface area contributed by atoms with Gasteiger partial charge in [0, 0.05) is 5.02 Å². The minimum absolute atomic E-state index is 0.0194. The third-order valence-electron chi connectivity index (χ3n) is 4.75. The Morgan fingerprint density at radius 2 is 1.68 bits per heavy atom. The summed E-state index contributed by atoms with van der Waals surface area (Å²) in [5.74, 6) is -1.14. The fraction of sp³-hybridized carbons (Fsp3) is 0.167. The molecular weight excluding hydrogens is 567 g/mol. The molecule has 196 valence electrons. The summed E-state index contributed by atoms with van der Waals surface area (Å²) in [5, 5.41) is 13.0. The number of carbonyl (C=O) groups excluding carboxylic acids is 2. The summed E-state index contributed by atoms with van der Waals surface area (Å²) in [5.41, 5.74) is 0.213. The first-order valence-corrected chi connectivity index (χ1v) is 13.2. The number of anilines is 1. The maximum Gasteiger partial charge on any atom is 0.327 e. The van der Waals surface area contributed by atoms with E-state index in [4.69, 9.17) is 44.3 Å². The third kappa shape index (κ3) is 8.06. The molecule has 0 bridgehead atoms. The van der Waals surface area contributed by atoms with E-state index in [1.165, 1.54) is 25.1 Å². The third-order valence-corrected chi connectivity index (χ3v) is 7.16. The van der Waals surface area contributed by atoms with Gasteiger partial charge < -0.3 is 19.9 Å². The summed E-state index contributed by atoms with van der Waals surface area (Å²) in [6.07, 6.45) is -1.49. The van der Waals surface area contributed by atoms with Gasteiger partial charge in [-0.25, -0.2) is 8.42 Å². The monoisotopic (exact) mass is 586 g/mol. The van der Waals surface area contributed by atoms with E-state index < -0.39 is 40.7 Å². The molecule has 1 amide bonds. The van der Waals surface area contributed by atoms with Crippen molar-refractivity contribution in [3.8, 4) is 11.5 Å². The molecular formula is C24H21Cl3N2O7S. The molecule has 2 atom stereocenters. The van der Waals surface area contributed by atoms with E-state index in [1.807, 2.05) is 10.8 Å². The Bertz CT molecular complexity index is 1390. The molecule has 9 nitrogen and oxygen atoms in total. The van der Waals surface area contributed by atoms with Crippen molar-refractivity contribution in [2.24, 2.45) is 0 Å². The van der Waals surface area contributed by atoms with Gasteiger partial charge in [-0.3, -0.25) is 9.59 Å². The van der Waals surface area contributed by atoms with Crippen LogP contribution in [0, 0.1) is 0 Å². The maximum atomic E-state index is 12.7. The van der Waals surface area contributed by atoms with Gasteiger partial charge in [-0.05, 0) is 55.5 Å². The maximum absolute atomic E-state index is 12.7. The van der Waals surface area contributed by atoms with Crippen molar-refractivity contribution >= 4 is 62.4 Å². The largest absolute Gasteiger partial charge is 0.455 e. The predicted molar refractivity (Wildman–Crippen MR) is 140 cm³/mol.